The Bertz CT molecular complexity index is 1240. The van der Waals surface area contributed by atoms with Crippen LogP contribution in [-0.4, -0.2) is 21.5 Å². The monoisotopic (exact) mass is 436 g/mol. The Morgan fingerprint density at radius 2 is 1.82 bits per heavy atom. The molecule has 0 unspecified atom stereocenters. The number of nitrogens with one attached hydrogen (secondary N) is 2. The molecule has 4 aromatic rings. The van der Waals surface area contributed by atoms with E-state index in [1.807, 2.05) is 66.3 Å². The summed E-state index contributed by atoms with van der Waals surface area (Å²) in [5.41, 5.74) is 6.90. The van der Waals surface area contributed by atoms with Gasteiger partial charge in [-0.1, -0.05) is 49.4 Å². The molecule has 0 spiro atoms. The zero-order valence-corrected chi connectivity index (χ0v) is 18.8. The van der Waals surface area contributed by atoms with Crippen molar-refractivity contribution in [1.29, 1.82) is 5.41 Å². The molecule has 5 rings (SSSR count). The molecule has 3 aromatic carbocycles. The predicted molar refractivity (Wildman–Crippen MR) is 134 cm³/mol. The first kappa shape index (κ1) is 21.0. The third kappa shape index (κ3) is 4.82. The second kappa shape index (κ2) is 9.33. The molecule has 1 heterocycles. The van der Waals surface area contributed by atoms with Gasteiger partial charge in [-0.05, 0) is 61.2 Å². The van der Waals surface area contributed by atoms with E-state index in [0.29, 0.717) is 18.4 Å². The molecule has 1 aromatic heterocycles. The highest BCUT2D eigenvalue weighted by Gasteiger charge is 2.23. The lowest BCUT2D eigenvalue weighted by Crippen LogP contribution is -2.08. The smallest absolute Gasteiger partial charge is 0.119 e. The van der Waals surface area contributed by atoms with Crippen LogP contribution in [0, 0.1) is 5.41 Å². The molecule has 0 radical (unpaired) electrons. The summed E-state index contributed by atoms with van der Waals surface area (Å²) >= 11 is 0. The van der Waals surface area contributed by atoms with E-state index in [1.54, 1.807) is 0 Å². The van der Waals surface area contributed by atoms with E-state index in [9.17, 15) is 0 Å². The fourth-order valence-corrected chi connectivity index (χ4v) is 3.88. The van der Waals surface area contributed by atoms with Crippen LogP contribution in [0.4, 0.5) is 5.69 Å². The van der Waals surface area contributed by atoms with E-state index in [0.717, 1.165) is 45.9 Å². The maximum absolute atomic E-state index is 8.35. The predicted octanol–water partition coefficient (Wildman–Crippen LogP) is 6.47. The normalized spacial score (nSPS) is 13.0. The second-order valence-electron chi connectivity index (χ2n) is 8.41. The van der Waals surface area contributed by atoms with Crippen molar-refractivity contribution in [2.24, 2.45) is 0 Å². The molecule has 1 fully saturated rings. The third-order valence-electron chi connectivity index (χ3n) is 5.90. The van der Waals surface area contributed by atoms with Gasteiger partial charge in [-0.25, -0.2) is 4.68 Å². The molecule has 0 amide bonds. The summed E-state index contributed by atoms with van der Waals surface area (Å²) < 4.78 is 7.87. The summed E-state index contributed by atoms with van der Waals surface area (Å²) in [4.78, 5) is 0. The Labute approximate surface area is 194 Å². The molecule has 1 aliphatic carbocycles. The lowest BCUT2D eigenvalue weighted by Gasteiger charge is -2.15. The number of hydrogen-bond donors (Lipinski definition) is 2. The van der Waals surface area contributed by atoms with Crippen molar-refractivity contribution in [1.82, 2.24) is 9.78 Å². The van der Waals surface area contributed by atoms with Crippen LogP contribution in [0.15, 0.2) is 85.1 Å². The quantitative estimate of drug-likeness (QED) is 0.296. The third-order valence-corrected chi connectivity index (χ3v) is 5.90. The molecular formula is C28H28N4O. The Balaban J connectivity index is 1.38. The van der Waals surface area contributed by atoms with E-state index in [2.05, 4.69) is 40.7 Å². The number of anilines is 1. The molecule has 166 valence electrons. The van der Waals surface area contributed by atoms with Gasteiger partial charge in [0.25, 0.3) is 0 Å². The molecule has 1 saturated carbocycles. The summed E-state index contributed by atoms with van der Waals surface area (Å²) in [5.74, 6) is 0.828. The first-order valence-electron chi connectivity index (χ1n) is 11.5. The number of aromatic nitrogens is 2. The van der Waals surface area contributed by atoms with Crippen LogP contribution in [0.1, 0.15) is 37.3 Å². The van der Waals surface area contributed by atoms with Crippen molar-refractivity contribution in [2.45, 2.75) is 38.8 Å². The van der Waals surface area contributed by atoms with Gasteiger partial charge < -0.3 is 15.5 Å². The maximum Gasteiger partial charge on any atom is 0.119 e. The Hall–Kier alpha value is -3.86. The molecule has 0 aliphatic heterocycles. The Kier molecular flexibility index (Phi) is 5.94. The van der Waals surface area contributed by atoms with Crippen molar-refractivity contribution in [3.05, 3.63) is 96.2 Å². The Morgan fingerprint density at radius 1 is 1.03 bits per heavy atom. The van der Waals surface area contributed by atoms with Gasteiger partial charge in [-0.3, -0.25) is 0 Å². The summed E-state index contributed by atoms with van der Waals surface area (Å²) in [7, 11) is 0. The molecule has 0 bridgehead atoms. The largest absolute Gasteiger partial charge is 0.489 e. The lowest BCUT2D eigenvalue weighted by molar-refractivity contribution is 0.306. The van der Waals surface area contributed by atoms with Gasteiger partial charge in [-0.15, -0.1) is 0 Å². The van der Waals surface area contributed by atoms with Crippen LogP contribution in [0.5, 0.6) is 5.75 Å². The van der Waals surface area contributed by atoms with Crippen molar-refractivity contribution < 1.29 is 4.74 Å². The summed E-state index contributed by atoms with van der Waals surface area (Å²) in [5, 5.41) is 16.5. The van der Waals surface area contributed by atoms with Gasteiger partial charge in [0.15, 0.2) is 0 Å². The fraction of sp³-hybridized carbons (Fsp3) is 0.214. The maximum atomic E-state index is 8.35. The van der Waals surface area contributed by atoms with E-state index in [4.69, 9.17) is 10.1 Å². The molecule has 5 nitrogen and oxygen atoms in total. The molecular weight excluding hydrogens is 408 g/mol. The van der Waals surface area contributed by atoms with Crippen molar-refractivity contribution in [2.75, 3.05) is 5.32 Å². The van der Waals surface area contributed by atoms with Crippen LogP contribution in [0.2, 0.25) is 0 Å². The van der Waals surface area contributed by atoms with E-state index >= 15 is 0 Å². The standard InChI is InChI=1S/C28H28N4O/c1-2-26(29)25-15-8-21(18-27(25)31-22-9-10-22)28-16-17-30-32(28)23-11-13-24(14-12-23)33-19-20-6-4-3-5-7-20/h3-8,11-18,22,29,31H,2,9-10,19H2,1H3. The molecule has 1 aliphatic rings. The van der Waals surface area contributed by atoms with Crippen LogP contribution in [-0.2, 0) is 6.61 Å². The van der Waals surface area contributed by atoms with Gasteiger partial charge in [-0.2, -0.15) is 5.10 Å². The number of ether oxygens (including phenoxy) is 1. The zero-order chi connectivity index (χ0) is 22.6. The summed E-state index contributed by atoms with van der Waals surface area (Å²) in [6.45, 7) is 2.57. The van der Waals surface area contributed by atoms with Crippen LogP contribution < -0.4 is 10.1 Å². The van der Waals surface area contributed by atoms with Crippen molar-refractivity contribution in [3.63, 3.8) is 0 Å². The molecule has 2 N–H and O–H groups in total. The average molecular weight is 437 g/mol. The SMILES string of the molecule is CCC(=N)c1ccc(-c2ccnn2-c2ccc(OCc3ccccc3)cc2)cc1NC1CC1. The summed E-state index contributed by atoms with van der Waals surface area (Å²) in [6, 6.07) is 27.0. The van der Waals surface area contributed by atoms with Gasteiger partial charge in [0.2, 0.25) is 0 Å². The lowest BCUT2D eigenvalue weighted by atomic mass is 10.0. The highest BCUT2D eigenvalue weighted by molar-refractivity contribution is 6.03. The van der Waals surface area contributed by atoms with Crippen molar-refractivity contribution in [3.8, 4) is 22.7 Å². The van der Waals surface area contributed by atoms with Crippen LogP contribution in [0.3, 0.4) is 0 Å². The van der Waals surface area contributed by atoms with E-state index in [-0.39, 0.29) is 0 Å². The van der Waals surface area contributed by atoms with E-state index < -0.39 is 0 Å². The van der Waals surface area contributed by atoms with Gasteiger partial charge >= 0.3 is 0 Å². The molecule has 33 heavy (non-hydrogen) atoms. The Morgan fingerprint density at radius 3 is 2.55 bits per heavy atom. The minimum absolute atomic E-state index is 0.525. The van der Waals surface area contributed by atoms with Crippen molar-refractivity contribution >= 4 is 11.4 Å². The first-order chi connectivity index (χ1) is 16.2. The van der Waals surface area contributed by atoms with Crippen LogP contribution in [0.25, 0.3) is 16.9 Å². The number of rotatable bonds is 9. The van der Waals surface area contributed by atoms with Gasteiger partial charge in [0.05, 0.1) is 17.6 Å². The fourth-order valence-electron chi connectivity index (χ4n) is 3.88. The molecule has 0 saturated heterocycles. The second-order valence-corrected chi connectivity index (χ2v) is 8.41. The molecule has 0 atom stereocenters. The minimum Gasteiger partial charge on any atom is -0.489 e. The minimum atomic E-state index is 0.525. The highest BCUT2D eigenvalue weighted by atomic mass is 16.5. The zero-order valence-electron chi connectivity index (χ0n) is 18.8. The first-order valence-corrected chi connectivity index (χ1v) is 11.5. The number of nitrogens with zero attached hydrogens (tertiary/aromatic N) is 2. The topological polar surface area (TPSA) is 62.9 Å². The van der Waals surface area contributed by atoms with Gasteiger partial charge in [0.1, 0.15) is 12.4 Å². The molecule has 5 heteroatoms. The average Bonchev–Trinajstić information content (AvgIpc) is 3.54. The number of hydrogen-bond acceptors (Lipinski definition) is 4. The summed E-state index contributed by atoms with van der Waals surface area (Å²) in [6.07, 6.45) is 4.93. The van der Waals surface area contributed by atoms with E-state index in [1.165, 1.54) is 12.8 Å². The number of benzene rings is 3. The highest BCUT2D eigenvalue weighted by Crippen LogP contribution is 2.32. The van der Waals surface area contributed by atoms with Crippen LogP contribution >= 0.6 is 0 Å². The van der Waals surface area contributed by atoms with Gasteiger partial charge in [0, 0.05) is 28.6 Å².